The van der Waals surface area contributed by atoms with E-state index in [1.807, 2.05) is 30.0 Å². The number of anilines is 1. The summed E-state index contributed by atoms with van der Waals surface area (Å²) < 4.78 is 45.7. The molecule has 0 radical (unpaired) electrons. The standard InChI is InChI=1S/C36H51N6O12P/c1-5-8-20-52-36(47)41-18-16-40(17-19-41)35(46)29(25-55(48,53-23-31(43)50-6-2)54-24-32(44)51-7-3)38-34(45)28-21-30(42-15-14-27(22-42)49-4)39-33(37-28)26-12-10-9-11-13-26/h9-13,21,27,29H,5-8,14-20,22-25H2,1-4H3,(H,38,45)/t27-,29-/m0/s1. The molecule has 0 spiro atoms. The summed E-state index contributed by atoms with van der Waals surface area (Å²) in [5.41, 5.74) is 0.556. The van der Waals surface area contributed by atoms with Crippen LogP contribution >= 0.6 is 7.60 Å². The van der Waals surface area contributed by atoms with Gasteiger partial charge in [-0.25, -0.2) is 24.4 Å². The second-order valence-electron chi connectivity index (χ2n) is 12.7. The highest BCUT2D eigenvalue weighted by atomic mass is 31.2. The summed E-state index contributed by atoms with van der Waals surface area (Å²) in [6.45, 7) is 5.34. The number of methoxy groups -OCH3 is 1. The molecular weight excluding hydrogens is 739 g/mol. The fourth-order valence-corrected chi connectivity index (χ4v) is 7.36. The Bertz CT molecular complexity index is 1630. The van der Waals surface area contributed by atoms with Gasteiger partial charge in [0.1, 0.15) is 17.6 Å². The summed E-state index contributed by atoms with van der Waals surface area (Å²) >= 11 is 0. The van der Waals surface area contributed by atoms with E-state index in [-0.39, 0.29) is 63.6 Å². The van der Waals surface area contributed by atoms with E-state index in [9.17, 15) is 28.5 Å². The number of carbonyl (C=O) groups excluding carboxylic acids is 5. The molecule has 1 aromatic carbocycles. The van der Waals surface area contributed by atoms with E-state index in [0.29, 0.717) is 30.9 Å². The highest BCUT2D eigenvalue weighted by Crippen LogP contribution is 2.49. The first kappa shape index (κ1) is 43.1. The largest absolute Gasteiger partial charge is 0.464 e. The third-order valence-corrected chi connectivity index (χ3v) is 10.6. The minimum Gasteiger partial charge on any atom is -0.464 e. The average Bonchev–Trinajstić information content (AvgIpc) is 3.69. The van der Waals surface area contributed by atoms with Gasteiger partial charge in [-0.1, -0.05) is 43.7 Å². The Hall–Kier alpha value is -4.64. The lowest BCUT2D eigenvalue weighted by molar-refractivity contribution is -0.146. The van der Waals surface area contributed by atoms with Crippen LogP contribution in [0.5, 0.6) is 0 Å². The quantitative estimate of drug-likeness (QED) is 0.0940. The molecule has 55 heavy (non-hydrogen) atoms. The zero-order valence-corrected chi connectivity index (χ0v) is 32.7. The van der Waals surface area contributed by atoms with Crippen molar-refractivity contribution >= 4 is 43.3 Å². The molecule has 0 bridgehead atoms. The molecule has 3 heterocycles. The Kier molecular flexibility index (Phi) is 16.8. The molecule has 3 amide bonds. The number of aromatic nitrogens is 2. The van der Waals surface area contributed by atoms with Crippen LogP contribution in [0.2, 0.25) is 0 Å². The number of hydrogen-bond acceptors (Lipinski definition) is 15. The molecule has 2 fully saturated rings. The second-order valence-corrected chi connectivity index (χ2v) is 14.8. The fraction of sp³-hybridized carbons (Fsp3) is 0.583. The Balaban J connectivity index is 1.65. The summed E-state index contributed by atoms with van der Waals surface area (Å²) in [4.78, 5) is 79.6. The fourth-order valence-electron chi connectivity index (χ4n) is 5.77. The molecule has 2 saturated heterocycles. The third-order valence-electron chi connectivity index (χ3n) is 8.73. The predicted octanol–water partition coefficient (Wildman–Crippen LogP) is 2.90. The van der Waals surface area contributed by atoms with Crippen LogP contribution in [-0.2, 0) is 46.9 Å². The van der Waals surface area contributed by atoms with Crippen molar-refractivity contribution < 1.29 is 56.5 Å². The van der Waals surface area contributed by atoms with Gasteiger partial charge < -0.3 is 39.0 Å². The maximum atomic E-state index is 14.3. The first-order valence-corrected chi connectivity index (χ1v) is 20.1. The molecule has 302 valence electrons. The number of rotatable bonds is 19. The normalized spacial score (nSPS) is 16.4. The molecule has 2 aromatic rings. The Morgan fingerprint density at radius 1 is 0.873 bits per heavy atom. The Morgan fingerprint density at radius 3 is 2.09 bits per heavy atom. The van der Waals surface area contributed by atoms with Crippen molar-refractivity contribution in [1.29, 1.82) is 0 Å². The van der Waals surface area contributed by atoms with Gasteiger partial charge in [-0.15, -0.1) is 0 Å². The van der Waals surface area contributed by atoms with E-state index in [4.69, 9.17) is 33.0 Å². The SMILES string of the molecule is CCCCOC(=O)N1CCN(C(=O)[C@H](CP(=O)(OCC(=O)OCC)OCC(=O)OCC)NC(=O)c2cc(N3CC[C@H](OC)C3)nc(-c3ccccc3)n2)CC1. The Labute approximate surface area is 320 Å². The van der Waals surface area contributed by atoms with Gasteiger partial charge in [-0.2, -0.15) is 0 Å². The van der Waals surface area contributed by atoms with Crippen LogP contribution in [0.25, 0.3) is 11.4 Å². The van der Waals surface area contributed by atoms with Crippen molar-refractivity contribution in [1.82, 2.24) is 25.1 Å². The first-order valence-electron chi connectivity index (χ1n) is 18.4. The smallest absolute Gasteiger partial charge is 0.409 e. The van der Waals surface area contributed by atoms with Gasteiger partial charge in [0.05, 0.1) is 32.1 Å². The molecular formula is C36H51N6O12P. The van der Waals surface area contributed by atoms with Crippen LogP contribution in [0.4, 0.5) is 10.6 Å². The molecule has 18 nitrogen and oxygen atoms in total. The predicted molar refractivity (Wildman–Crippen MR) is 198 cm³/mol. The monoisotopic (exact) mass is 790 g/mol. The number of unbranched alkanes of at least 4 members (excludes halogenated alkanes) is 1. The molecule has 1 N–H and O–H groups in total. The van der Waals surface area contributed by atoms with Crippen molar-refractivity contribution in [2.75, 3.05) is 90.5 Å². The van der Waals surface area contributed by atoms with Crippen molar-refractivity contribution in [2.24, 2.45) is 0 Å². The third kappa shape index (κ3) is 13.0. The number of ether oxygens (including phenoxy) is 4. The van der Waals surface area contributed by atoms with Gasteiger partial charge in [-0.05, 0) is 26.7 Å². The van der Waals surface area contributed by atoms with Gasteiger partial charge in [0.2, 0.25) is 5.91 Å². The van der Waals surface area contributed by atoms with Crippen molar-refractivity contribution in [3.8, 4) is 11.4 Å². The summed E-state index contributed by atoms with van der Waals surface area (Å²) in [6.07, 6.45) is 1.01. The van der Waals surface area contributed by atoms with E-state index in [1.165, 1.54) is 15.9 Å². The molecule has 2 atom stereocenters. The minimum absolute atomic E-state index is 0.0148. The molecule has 0 unspecified atom stereocenters. The van der Waals surface area contributed by atoms with Crippen LogP contribution < -0.4 is 10.2 Å². The summed E-state index contributed by atoms with van der Waals surface area (Å²) in [5, 5.41) is 2.66. The number of benzene rings is 1. The van der Waals surface area contributed by atoms with Crippen LogP contribution in [0, 0.1) is 0 Å². The number of amides is 3. The Morgan fingerprint density at radius 2 is 1.51 bits per heavy atom. The number of esters is 2. The lowest BCUT2D eigenvalue weighted by Gasteiger charge is -2.36. The lowest BCUT2D eigenvalue weighted by atomic mass is 10.2. The number of nitrogens with one attached hydrogen (secondary N) is 1. The molecule has 2 aliphatic rings. The van der Waals surface area contributed by atoms with Crippen molar-refractivity contribution in [2.45, 2.75) is 52.2 Å². The van der Waals surface area contributed by atoms with Crippen LogP contribution in [0.3, 0.4) is 0 Å². The number of piperazine rings is 1. The number of carbonyl (C=O) groups is 5. The summed E-state index contributed by atoms with van der Waals surface area (Å²) in [5.74, 6) is -2.49. The van der Waals surface area contributed by atoms with Gasteiger partial charge in [0, 0.05) is 58.0 Å². The number of nitrogens with zero attached hydrogens (tertiary/aromatic N) is 5. The molecule has 19 heteroatoms. The molecule has 1 aromatic heterocycles. The van der Waals surface area contributed by atoms with Gasteiger partial charge in [0.25, 0.3) is 5.91 Å². The molecule has 4 rings (SSSR count). The van der Waals surface area contributed by atoms with Crippen LogP contribution in [-0.4, -0.2) is 147 Å². The molecule has 2 aliphatic heterocycles. The van der Waals surface area contributed by atoms with Crippen LogP contribution in [0.15, 0.2) is 36.4 Å². The highest BCUT2D eigenvalue weighted by Gasteiger charge is 2.39. The van der Waals surface area contributed by atoms with Gasteiger partial charge in [-0.3, -0.25) is 23.2 Å². The van der Waals surface area contributed by atoms with E-state index in [0.717, 1.165) is 12.8 Å². The molecule has 0 aliphatic carbocycles. The number of hydrogen-bond donors (Lipinski definition) is 1. The topological polar surface area (TPSA) is 205 Å². The average molecular weight is 791 g/mol. The first-order chi connectivity index (χ1) is 26.5. The molecule has 0 saturated carbocycles. The van der Waals surface area contributed by atoms with E-state index in [2.05, 4.69) is 10.3 Å². The maximum Gasteiger partial charge on any atom is 0.409 e. The zero-order valence-electron chi connectivity index (χ0n) is 31.8. The van der Waals surface area contributed by atoms with Crippen molar-refractivity contribution in [3.05, 3.63) is 42.1 Å². The van der Waals surface area contributed by atoms with Gasteiger partial charge >= 0.3 is 25.6 Å². The van der Waals surface area contributed by atoms with E-state index < -0.39 is 62.9 Å². The minimum atomic E-state index is -4.52. The maximum absolute atomic E-state index is 14.3. The summed E-state index contributed by atoms with van der Waals surface area (Å²) in [6, 6.07) is 8.98. The highest BCUT2D eigenvalue weighted by molar-refractivity contribution is 7.54. The van der Waals surface area contributed by atoms with Crippen LogP contribution in [0.1, 0.15) is 50.5 Å². The van der Waals surface area contributed by atoms with E-state index in [1.54, 1.807) is 33.1 Å². The zero-order chi connectivity index (χ0) is 39.8. The van der Waals surface area contributed by atoms with E-state index >= 15 is 0 Å². The second kappa shape index (κ2) is 21.5. The summed E-state index contributed by atoms with van der Waals surface area (Å²) in [7, 11) is -2.90. The lowest BCUT2D eigenvalue weighted by Crippen LogP contribution is -2.57. The van der Waals surface area contributed by atoms with Crippen molar-refractivity contribution in [3.63, 3.8) is 0 Å². The van der Waals surface area contributed by atoms with Gasteiger partial charge in [0.15, 0.2) is 19.0 Å².